The van der Waals surface area contributed by atoms with Crippen LogP contribution in [0.3, 0.4) is 0 Å². The van der Waals surface area contributed by atoms with Crippen molar-refractivity contribution in [2.45, 2.75) is 54.2 Å². The number of rotatable bonds is 5. The first kappa shape index (κ1) is 14.8. The number of guanidine groups is 1. The lowest BCUT2D eigenvalue weighted by Gasteiger charge is -2.29. The molecule has 0 aliphatic heterocycles. The Balaban J connectivity index is 1.60. The molecule has 3 nitrogen and oxygen atoms in total. The van der Waals surface area contributed by atoms with Crippen LogP contribution in [0.5, 0.6) is 0 Å². The van der Waals surface area contributed by atoms with Gasteiger partial charge in [-0.1, -0.05) is 31.0 Å². The molecule has 0 atom stereocenters. The fraction of sp³-hybridized carbons (Fsp3) is 0.588. The van der Waals surface area contributed by atoms with Gasteiger partial charge in [-0.2, -0.15) is 0 Å². The molecule has 2 fully saturated rings. The Bertz CT molecular complexity index is 476. The summed E-state index contributed by atoms with van der Waals surface area (Å²) in [5, 5.41) is 7.04. The Hall–Kier alpha value is -1.16. The zero-order chi connectivity index (χ0) is 14.5. The van der Waals surface area contributed by atoms with E-state index >= 15 is 0 Å². The number of hydrogen-bond acceptors (Lipinski definition) is 2. The summed E-state index contributed by atoms with van der Waals surface area (Å²) in [4.78, 5) is 5.73. The summed E-state index contributed by atoms with van der Waals surface area (Å²) in [7, 11) is 1.86. The van der Waals surface area contributed by atoms with Crippen LogP contribution in [-0.4, -0.2) is 30.3 Å². The lowest BCUT2D eigenvalue weighted by Crippen LogP contribution is -2.45. The van der Waals surface area contributed by atoms with E-state index in [1.54, 1.807) is 0 Å². The molecular formula is C17H25N3S. The minimum absolute atomic E-state index is 0.322. The van der Waals surface area contributed by atoms with Gasteiger partial charge in [0.05, 0.1) is 0 Å². The van der Waals surface area contributed by atoms with Gasteiger partial charge in [0, 0.05) is 29.3 Å². The highest BCUT2D eigenvalue weighted by Crippen LogP contribution is 2.44. The molecule has 2 N–H and O–H groups in total. The number of nitrogens with one attached hydrogen (secondary N) is 2. The van der Waals surface area contributed by atoms with Crippen molar-refractivity contribution in [1.29, 1.82) is 0 Å². The molecule has 4 heteroatoms. The van der Waals surface area contributed by atoms with Gasteiger partial charge in [0.2, 0.25) is 0 Å². The molecule has 0 amide bonds. The fourth-order valence-electron chi connectivity index (χ4n) is 2.93. The molecule has 2 saturated carbocycles. The maximum absolute atomic E-state index is 4.35. The first-order chi connectivity index (χ1) is 10.3. The summed E-state index contributed by atoms with van der Waals surface area (Å²) in [6.45, 7) is 0.999. The van der Waals surface area contributed by atoms with Crippen molar-refractivity contribution in [2.24, 2.45) is 4.99 Å². The van der Waals surface area contributed by atoms with Crippen molar-refractivity contribution in [1.82, 2.24) is 10.6 Å². The number of benzene rings is 1. The second-order valence-electron chi connectivity index (χ2n) is 6.15. The average Bonchev–Trinajstić information content (AvgIpc) is 3.22. The van der Waals surface area contributed by atoms with Gasteiger partial charge in [-0.15, -0.1) is 11.8 Å². The Morgan fingerprint density at radius 2 is 1.95 bits per heavy atom. The highest BCUT2D eigenvalue weighted by Gasteiger charge is 2.35. The van der Waals surface area contributed by atoms with Gasteiger partial charge in [0.1, 0.15) is 0 Å². The van der Waals surface area contributed by atoms with E-state index in [1.807, 2.05) is 18.8 Å². The average molecular weight is 303 g/mol. The summed E-state index contributed by atoms with van der Waals surface area (Å²) >= 11 is 2.04. The molecule has 1 aromatic rings. The van der Waals surface area contributed by atoms with Crippen LogP contribution >= 0.6 is 11.8 Å². The van der Waals surface area contributed by atoms with E-state index < -0.39 is 0 Å². The molecule has 0 radical (unpaired) electrons. The van der Waals surface area contributed by atoms with Gasteiger partial charge in [0.25, 0.3) is 0 Å². The third kappa shape index (κ3) is 4.16. The summed E-state index contributed by atoms with van der Waals surface area (Å²) < 4.78 is 0.322. The quantitative estimate of drug-likeness (QED) is 0.646. The standard InChI is InChI=1S/C17H25N3S/c1-18-16(20-14-9-10-14)19-13-17(11-5-6-12-17)21-15-7-3-2-4-8-15/h2-4,7-8,14H,5-6,9-13H2,1H3,(H2,18,19,20). The monoisotopic (exact) mass is 303 g/mol. The molecule has 2 aliphatic carbocycles. The number of thioether (sulfide) groups is 1. The Morgan fingerprint density at radius 3 is 2.57 bits per heavy atom. The van der Waals surface area contributed by atoms with Crippen LogP contribution in [0.2, 0.25) is 0 Å². The third-order valence-corrected chi connectivity index (χ3v) is 5.81. The molecule has 2 aliphatic rings. The smallest absolute Gasteiger partial charge is 0.191 e. The van der Waals surface area contributed by atoms with Gasteiger partial charge < -0.3 is 10.6 Å². The van der Waals surface area contributed by atoms with Crippen LogP contribution in [0.25, 0.3) is 0 Å². The van der Waals surface area contributed by atoms with Crippen molar-refractivity contribution < 1.29 is 0 Å². The third-order valence-electron chi connectivity index (χ3n) is 4.31. The molecule has 0 aromatic heterocycles. The molecule has 0 bridgehead atoms. The molecule has 114 valence electrons. The topological polar surface area (TPSA) is 36.4 Å². The SMILES string of the molecule is CN=C(NCC1(Sc2ccccc2)CCCC1)NC1CC1. The molecule has 21 heavy (non-hydrogen) atoms. The van der Waals surface area contributed by atoms with E-state index in [4.69, 9.17) is 0 Å². The van der Waals surface area contributed by atoms with Gasteiger partial charge in [-0.25, -0.2) is 0 Å². The largest absolute Gasteiger partial charge is 0.355 e. The summed E-state index contributed by atoms with van der Waals surface area (Å²) in [5.74, 6) is 0.970. The van der Waals surface area contributed by atoms with Crippen molar-refractivity contribution in [3.05, 3.63) is 30.3 Å². The predicted octanol–water partition coefficient (Wildman–Crippen LogP) is 3.42. The van der Waals surface area contributed by atoms with E-state index in [9.17, 15) is 0 Å². The minimum Gasteiger partial charge on any atom is -0.355 e. The lowest BCUT2D eigenvalue weighted by atomic mass is 10.1. The first-order valence-corrected chi connectivity index (χ1v) is 8.83. The molecule has 0 saturated heterocycles. The molecule has 1 aromatic carbocycles. The molecule has 0 spiro atoms. The van der Waals surface area contributed by atoms with Crippen molar-refractivity contribution >= 4 is 17.7 Å². The van der Waals surface area contributed by atoms with Crippen LogP contribution < -0.4 is 10.6 Å². The van der Waals surface area contributed by atoms with Gasteiger partial charge in [-0.05, 0) is 37.8 Å². The van der Waals surface area contributed by atoms with Crippen LogP contribution in [0.4, 0.5) is 0 Å². The molecule has 0 unspecified atom stereocenters. The van der Waals surface area contributed by atoms with Crippen LogP contribution in [0.1, 0.15) is 38.5 Å². The highest BCUT2D eigenvalue weighted by atomic mass is 32.2. The van der Waals surface area contributed by atoms with E-state index in [0.717, 1.165) is 12.5 Å². The number of nitrogens with zero attached hydrogens (tertiary/aromatic N) is 1. The van der Waals surface area contributed by atoms with Gasteiger partial charge in [-0.3, -0.25) is 4.99 Å². The highest BCUT2D eigenvalue weighted by molar-refractivity contribution is 8.00. The van der Waals surface area contributed by atoms with E-state index in [0.29, 0.717) is 10.8 Å². The Morgan fingerprint density at radius 1 is 1.24 bits per heavy atom. The number of aliphatic imine (C=N–C) groups is 1. The molecular weight excluding hydrogens is 278 g/mol. The van der Waals surface area contributed by atoms with Crippen molar-refractivity contribution in [2.75, 3.05) is 13.6 Å². The normalized spacial score (nSPS) is 21.3. The fourth-order valence-corrected chi connectivity index (χ4v) is 4.36. The predicted molar refractivity (Wildman–Crippen MR) is 91.0 cm³/mol. The maximum atomic E-state index is 4.35. The minimum atomic E-state index is 0.322. The van der Waals surface area contributed by atoms with Crippen LogP contribution in [-0.2, 0) is 0 Å². The zero-order valence-electron chi connectivity index (χ0n) is 12.8. The zero-order valence-corrected chi connectivity index (χ0v) is 13.6. The second kappa shape index (κ2) is 6.73. The molecule has 0 heterocycles. The molecule has 3 rings (SSSR count). The van der Waals surface area contributed by atoms with Crippen LogP contribution in [0.15, 0.2) is 40.2 Å². The van der Waals surface area contributed by atoms with E-state index in [-0.39, 0.29) is 0 Å². The summed E-state index contributed by atoms with van der Waals surface area (Å²) in [5.41, 5.74) is 0. The van der Waals surface area contributed by atoms with Crippen molar-refractivity contribution in [3.8, 4) is 0 Å². The maximum Gasteiger partial charge on any atom is 0.191 e. The van der Waals surface area contributed by atoms with E-state index in [1.165, 1.54) is 43.4 Å². The summed E-state index contributed by atoms with van der Waals surface area (Å²) in [6.07, 6.45) is 7.83. The van der Waals surface area contributed by atoms with Gasteiger partial charge >= 0.3 is 0 Å². The van der Waals surface area contributed by atoms with E-state index in [2.05, 4.69) is 46.0 Å². The Kier molecular flexibility index (Phi) is 4.73. The van der Waals surface area contributed by atoms with Gasteiger partial charge in [0.15, 0.2) is 5.96 Å². The second-order valence-corrected chi connectivity index (χ2v) is 7.69. The lowest BCUT2D eigenvalue weighted by molar-refractivity contribution is 0.582. The first-order valence-electron chi connectivity index (χ1n) is 8.01. The summed E-state index contributed by atoms with van der Waals surface area (Å²) in [6, 6.07) is 11.4. The van der Waals surface area contributed by atoms with Crippen molar-refractivity contribution in [3.63, 3.8) is 0 Å². The van der Waals surface area contributed by atoms with Crippen LogP contribution in [0, 0.1) is 0 Å². The Labute approximate surface area is 132 Å². The number of hydrogen-bond donors (Lipinski definition) is 2.